The second kappa shape index (κ2) is 8.03. The van der Waals surface area contributed by atoms with Gasteiger partial charge >= 0.3 is 0 Å². The number of aryl methyl sites for hydroxylation is 1. The fourth-order valence-electron chi connectivity index (χ4n) is 4.23. The molecule has 2 fully saturated rings. The maximum Gasteiger partial charge on any atom is 0.225 e. The maximum atomic E-state index is 12.8. The number of nitrogens with one attached hydrogen (secondary N) is 1. The van der Waals surface area contributed by atoms with Crippen molar-refractivity contribution < 1.29 is 4.79 Å². The average Bonchev–Trinajstić information content (AvgIpc) is 3.23. The number of piperidine rings is 1. The number of nitrogens with zero attached hydrogens (tertiary/aromatic N) is 4. The molecule has 4 rings (SSSR count). The van der Waals surface area contributed by atoms with E-state index < -0.39 is 0 Å². The molecular formula is C21H27N5O. The van der Waals surface area contributed by atoms with Crippen molar-refractivity contribution in [3.05, 3.63) is 42.0 Å². The van der Waals surface area contributed by atoms with E-state index in [0.29, 0.717) is 5.91 Å². The third-order valence-electron chi connectivity index (χ3n) is 5.60. The van der Waals surface area contributed by atoms with Gasteiger partial charge in [0, 0.05) is 42.9 Å². The number of aromatic nitrogens is 3. The van der Waals surface area contributed by atoms with E-state index in [1.165, 1.54) is 12.8 Å². The van der Waals surface area contributed by atoms with Crippen molar-refractivity contribution in [2.45, 2.75) is 51.4 Å². The summed E-state index contributed by atoms with van der Waals surface area (Å²) in [5, 5.41) is 3.26. The van der Waals surface area contributed by atoms with Crippen LogP contribution in [0.3, 0.4) is 0 Å². The molecule has 2 aromatic heterocycles. The van der Waals surface area contributed by atoms with E-state index in [2.05, 4.69) is 20.2 Å². The normalized spacial score (nSPS) is 20.6. The number of anilines is 2. The Bertz CT molecular complexity index is 788. The molecule has 1 saturated heterocycles. The molecule has 2 aromatic rings. The number of pyridine rings is 1. The minimum atomic E-state index is 0.202. The first-order valence-corrected chi connectivity index (χ1v) is 10.0. The van der Waals surface area contributed by atoms with Gasteiger partial charge in [-0.3, -0.25) is 4.79 Å². The molecule has 6 heteroatoms. The van der Waals surface area contributed by atoms with Crippen LogP contribution in [-0.2, 0) is 4.79 Å². The molecule has 0 radical (unpaired) electrons. The van der Waals surface area contributed by atoms with E-state index in [1.54, 1.807) is 6.20 Å². The van der Waals surface area contributed by atoms with Gasteiger partial charge in [0.05, 0.1) is 0 Å². The molecule has 1 aliphatic heterocycles. The molecular weight excluding hydrogens is 338 g/mol. The van der Waals surface area contributed by atoms with Crippen molar-refractivity contribution in [3.8, 4) is 0 Å². The van der Waals surface area contributed by atoms with Crippen LogP contribution in [0.4, 0.5) is 11.6 Å². The topological polar surface area (TPSA) is 71.0 Å². The number of carbonyl (C=O) groups is 1. The zero-order valence-corrected chi connectivity index (χ0v) is 15.9. The summed E-state index contributed by atoms with van der Waals surface area (Å²) in [5.74, 6) is 3.14. The lowest BCUT2D eigenvalue weighted by atomic mass is 9.95. The minimum Gasteiger partial charge on any atom is -0.342 e. The van der Waals surface area contributed by atoms with Gasteiger partial charge in [0.25, 0.3) is 0 Å². The highest BCUT2D eigenvalue weighted by molar-refractivity contribution is 5.79. The second-order valence-corrected chi connectivity index (χ2v) is 7.70. The number of hydrogen-bond donors (Lipinski definition) is 1. The summed E-state index contributed by atoms with van der Waals surface area (Å²) in [7, 11) is 0. The summed E-state index contributed by atoms with van der Waals surface area (Å²) in [6.45, 7) is 3.59. The molecule has 1 aliphatic carbocycles. The van der Waals surface area contributed by atoms with Crippen LogP contribution < -0.4 is 5.32 Å². The summed E-state index contributed by atoms with van der Waals surface area (Å²) >= 11 is 0. The smallest absolute Gasteiger partial charge is 0.225 e. The summed E-state index contributed by atoms with van der Waals surface area (Å²) in [5.41, 5.74) is 0.928. The Morgan fingerprint density at radius 1 is 1.11 bits per heavy atom. The van der Waals surface area contributed by atoms with Crippen molar-refractivity contribution in [1.82, 2.24) is 19.9 Å². The molecule has 1 amide bonds. The summed E-state index contributed by atoms with van der Waals surface area (Å²) in [6, 6.07) is 7.68. The highest BCUT2D eigenvalue weighted by Gasteiger charge is 2.32. The molecule has 142 valence electrons. The molecule has 0 bridgehead atoms. The Kier molecular flexibility index (Phi) is 5.32. The fourth-order valence-corrected chi connectivity index (χ4v) is 4.23. The van der Waals surface area contributed by atoms with Crippen molar-refractivity contribution in [1.29, 1.82) is 0 Å². The van der Waals surface area contributed by atoms with Crippen LogP contribution in [0.1, 0.15) is 56.0 Å². The van der Waals surface area contributed by atoms with Crippen LogP contribution in [0.15, 0.2) is 30.5 Å². The molecule has 1 unspecified atom stereocenters. The standard InChI is InChI=1S/C21H27N5O/c1-15-13-19(24-18-10-4-5-11-22-18)25-20(23-15)17-9-6-12-26(14-17)21(27)16-7-2-3-8-16/h4-5,10-11,13,16-17H,2-3,6-9,12,14H2,1H3,(H,22,23,24,25). The zero-order chi connectivity index (χ0) is 18.6. The molecule has 1 atom stereocenters. The molecule has 27 heavy (non-hydrogen) atoms. The van der Waals surface area contributed by atoms with Crippen LogP contribution in [0.2, 0.25) is 0 Å². The fraction of sp³-hybridized carbons (Fsp3) is 0.524. The SMILES string of the molecule is Cc1cc(Nc2ccccn2)nc(C2CCCN(C(=O)C3CCCC3)C2)n1. The van der Waals surface area contributed by atoms with Gasteiger partial charge in [0.15, 0.2) is 0 Å². The first-order chi connectivity index (χ1) is 13.2. The molecule has 1 N–H and O–H groups in total. The summed E-state index contributed by atoms with van der Waals surface area (Å²) < 4.78 is 0. The Hall–Kier alpha value is -2.50. The molecule has 0 spiro atoms. The molecule has 6 nitrogen and oxygen atoms in total. The van der Waals surface area contributed by atoms with Crippen molar-refractivity contribution in [3.63, 3.8) is 0 Å². The van der Waals surface area contributed by atoms with Gasteiger partial charge < -0.3 is 10.2 Å². The first kappa shape index (κ1) is 17.9. The van der Waals surface area contributed by atoms with Crippen LogP contribution in [0.25, 0.3) is 0 Å². The first-order valence-electron chi connectivity index (χ1n) is 10.0. The third-order valence-corrected chi connectivity index (χ3v) is 5.60. The Morgan fingerprint density at radius 3 is 2.74 bits per heavy atom. The molecule has 2 aliphatic rings. The predicted molar refractivity (Wildman–Crippen MR) is 105 cm³/mol. The van der Waals surface area contributed by atoms with Crippen LogP contribution in [-0.4, -0.2) is 38.8 Å². The van der Waals surface area contributed by atoms with Gasteiger partial charge in [0.2, 0.25) is 5.91 Å². The van der Waals surface area contributed by atoms with Crippen molar-refractivity contribution in [2.75, 3.05) is 18.4 Å². The van der Waals surface area contributed by atoms with E-state index >= 15 is 0 Å². The summed E-state index contributed by atoms with van der Waals surface area (Å²) in [4.78, 5) is 28.6. The van der Waals surface area contributed by atoms with Gasteiger partial charge in [-0.25, -0.2) is 15.0 Å². The third kappa shape index (κ3) is 4.26. The minimum absolute atomic E-state index is 0.202. The maximum absolute atomic E-state index is 12.8. The molecule has 1 saturated carbocycles. The highest BCUT2D eigenvalue weighted by Crippen LogP contribution is 2.31. The number of hydrogen-bond acceptors (Lipinski definition) is 5. The highest BCUT2D eigenvalue weighted by atomic mass is 16.2. The van der Waals surface area contributed by atoms with Gasteiger partial charge in [-0.05, 0) is 44.7 Å². The summed E-state index contributed by atoms with van der Waals surface area (Å²) in [6.07, 6.45) is 8.29. The number of rotatable bonds is 4. The monoisotopic (exact) mass is 365 g/mol. The van der Waals surface area contributed by atoms with Crippen LogP contribution >= 0.6 is 0 Å². The largest absolute Gasteiger partial charge is 0.342 e. The lowest BCUT2D eigenvalue weighted by Gasteiger charge is -2.33. The quantitative estimate of drug-likeness (QED) is 0.892. The van der Waals surface area contributed by atoms with E-state index in [9.17, 15) is 4.79 Å². The van der Waals surface area contributed by atoms with Gasteiger partial charge in [-0.15, -0.1) is 0 Å². The van der Waals surface area contributed by atoms with Gasteiger partial charge in [-0.1, -0.05) is 18.9 Å². The number of likely N-dealkylation sites (tertiary alicyclic amines) is 1. The Morgan fingerprint density at radius 2 is 1.96 bits per heavy atom. The molecule has 0 aromatic carbocycles. The molecule has 3 heterocycles. The average molecular weight is 365 g/mol. The number of carbonyl (C=O) groups excluding carboxylic acids is 1. The van der Waals surface area contributed by atoms with Crippen molar-refractivity contribution in [2.24, 2.45) is 5.92 Å². The van der Waals surface area contributed by atoms with E-state index in [0.717, 1.165) is 61.9 Å². The van der Waals surface area contributed by atoms with Crippen LogP contribution in [0, 0.1) is 12.8 Å². The second-order valence-electron chi connectivity index (χ2n) is 7.70. The lowest BCUT2D eigenvalue weighted by Crippen LogP contribution is -2.42. The van der Waals surface area contributed by atoms with Crippen LogP contribution in [0.5, 0.6) is 0 Å². The Balaban J connectivity index is 1.49. The predicted octanol–water partition coefficient (Wildman–Crippen LogP) is 3.82. The van der Waals surface area contributed by atoms with Gasteiger partial charge in [-0.2, -0.15) is 0 Å². The Labute approximate surface area is 160 Å². The van der Waals surface area contributed by atoms with E-state index in [1.807, 2.05) is 31.2 Å². The van der Waals surface area contributed by atoms with Crippen molar-refractivity contribution >= 4 is 17.5 Å². The lowest BCUT2D eigenvalue weighted by molar-refractivity contribution is -0.136. The number of amides is 1. The van der Waals surface area contributed by atoms with E-state index in [4.69, 9.17) is 4.98 Å². The zero-order valence-electron chi connectivity index (χ0n) is 15.9. The van der Waals surface area contributed by atoms with E-state index in [-0.39, 0.29) is 11.8 Å². The van der Waals surface area contributed by atoms with Gasteiger partial charge in [0.1, 0.15) is 17.5 Å².